The molecule has 4 rings (SSSR count). The summed E-state index contributed by atoms with van der Waals surface area (Å²) in [5.74, 6) is 0.930. The predicted octanol–water partition coefficient (Wildman–Crippen LogP) is 2.99. The number of rotatable bonds is 3. The highest BCUT2D eigenvalue weighted by Gasteiger charge is 2.35. The fraction of sp³-hybridized carbons (Fsp3) is 0.294. The quantitative estimate of drug-likeness (QED) is 0.801. The average molecular weight is 278 g/mol. The van der Waals surface area contributed by atoms with Crippen LogP contribution in [0.15, 0.2) is 48.8 Å². The zero-order chi connectivity index (χ0) is 14.4. The van der Waals surface area contributed by atoms with Gasteiger partial charge in [-0.05, 0) is 31.4 Å². The number of benzene rings is 1. The Morgan fingerprint density at radius 3 is 2.67 bits per heavy atom. The van der Waals surface area contributed by atoms with Crippen LogP contribution in [0, 0.1) is 0 Å². The second kappa shape index (κ2) is 4.40. The number of aromatic nitrogens is 3. The number of hydrogen-bond donors (Lipinski definition) is 1. The third kappa shape index (κ3) is 1.94. The van der Waals surface area contributed by atoms with Crippen LogP contribution in [0.5, 0.6) is 0 Å². The molecule has 0 spiro atoms. The molecule has 1 aliphatic rings. The highest BCUT2D eigenvalue weighted by atomic mass is 15.2. The molecule has 1 aliphatic carbocycles. The number of imidazole rings is 1. The SMILES string of the molecule is CC(N)(c1ccccc1)c1nc2cnccc2n1C1CC1. The molecular weight excluding hydrogens is 260 g/mol. The van der Waals surface area contributed by atoms with E-state index in [1.54, 1.807) is 0 Å². The first kappa shape index (κ1) is 12.5. The number of nitrogens with zero attached hydrogens (tertiary/aromatic N) is 3. The lowest BCUT2D eigenvalue weighted by Gasteiger charge is -2.26. The van der Waals surface area contributed by atoms with Gasteiger partial charge in [0.2, 0.25) is 0 Å². The minimum absolute atomic E-state index is 0.527. The maximum Gasteiger partial charge on any atom is 0.134 e. The van der Waals surface area contributed by atoms with Gasteiger partial charge in [-0.15, -0.1) is 0 Å². The summed E-state index contributed by atoms with van der Waals surface area (Å²) >= 11 is 0. The molecule has 0 amide bonds. The van der Waals surface area contributed by atoms with Gasteiger partial charge in [0.15, 0.2) is 0 Å². The fourth-order valence-electron chi connectivity index (χ4n) is 2.93. The molecule has 21 heavy (non-hydrogen) atoms. The van der Waals surface area contributed by atoms with Crippen LogP contribution in [0.2, 0.25) is 0 Å². The number of hydrogen-bond acceptors (Lipinski definition) is 3. The number of fused-ring (bicyclic) bond motifs is 1. The van der Waals surface area contributed by atoms with Crippen LogP contribution in [0.4, 0.5) is 0 Å². The summed E-state index contributed by atoms with van der Waals surface area (Å²) < 4.78 is 2.31. The first-order valence-corrected chi connectivity index (χ1v) is 7.35. The van der Waals surface area contributed by atoms with Crippen LogP contribution < -0.4 is 5.73 Å². The third-order valence-electron chi connectivity index (χ3n) is 4.24. The Bertz CT molecular complexity index is 785. The molecule has 4 heteroatoms. The van der Waals surface area contributed by atoms with E-state index in [1.165, 1.54) is 12.8 Å². The molecule has 1 aromatic carbocycles. The van der Waals surface area contributed by atoms with E-state index in [0.717, 1.165) is 22.4 Å². The van der Waals surface area contributed by atoms with Crippen LogP contribution >= 0.6 is 0 Å². The minimum atomic E-state index is -0.608. The van der Waals surface area contributed by atoms with Crippen molar-refractivity contribution >= 4 is 11.0 Å². The monoisotopic (exact) mass is 278 g/mol. The van der Waals surface area contributed by atoms with Gasteiger partial charge >= 0.3 is 0 Å². The summed E-state index contributed by atoms with van der Waals surface area (Å²) in [6, 6.07) is 12.7. The molecule has 2 aromatic heterocycles. The van der Waals surface area contributed by atoms with Gasteiger partial charge in [-0.1, -0.05) is 30.3 Å². The summed E-state index contributed by atoms with van der Waals surface area (Å²) in [5, 5.41) is 0. The molecule has 3 aromatic rings. The van der Waals surface area contributed by atoms with Crippen LogP contribution in [0.25, 0.3) is 11.0 Å². The van der Waals surface area contributed by atoms with E-state index >= 15 is 0 Å². The van der Waals surface area contributed by atoms with Gasteiger partial charge < -0.3 is 10.3 Å². The lowest BCUT2D eigenvalue weighted by molar-refractivity contribution is 0.518. The molecule has 1 atom stereocenters. The molecule has 2 heterocycles. The molecule has 0 radical (unpaired) electrons. The van der Waals surface area contributed by atoms with E-state index in [1.807, 2.05) is 43.6 Å². The topological polar surface area (TPSA) is 56.7 Å². The Morgan fingerprint density at radius 1 is 1.19 bits per heavy atom. The second-order valence-corrected chi connectivity index (χ2v) is 5.97. The molecule has 0 bridgehead atoms. The predicted molar refractivity (Wildman–Crippen MR) is 82.9 cm³/mol. The maximum absolute atomic E-state index is 6.69. The van der Waals surface area contributed by atoms with Crippen molar-refractivity contribution in [2.75, 3.05) is 0 Å². The molecule has 4 nitrogen and oxygen atoms in total. The highest BCUT2D eigenvalue weighted by Crippen LogP contribution is 2.41. The largest absolute Gasteiger partial charge is 0.323 e. The van der Waals surface area contributed by atoms with E-state index < -0.39 is 5.54 Å². The first-order valence-electron chi connectivity index (χ1n) is 7.35. The van der Waals surface area contributed by atoms with Crippen molar-refractivity contribution in [2.24, 2.45) is 5.73 Å². The van der Waals surface area contributed by atoms with Gasteiger partial charge in [-0.25, -0.2) is 4.98 Å². The summed E-state index contributed by atoms with van der Waals surface area (Å²) in [6.45, 7) is 2.04. The van der Waals surface area contributed by atoms with Gasteiger partial charge in [-0.3, -0.25) is 4.98 Å². The standard InChI is InChI=1S/C17H18N4/c1-17(18,12-5-3-2-4-6-12)16-20-14-11-19-10-9-15(14)21(16)13-7-8-13/h2-6,9-11,13H,7-8,18H2,1H3. The van der Waals surface area contributed by atoms with Crippen molar-refractivity contribution in [3.63, 3.8) is 0 Å². The molecule has 1 unspecified atom stereocenters. The van der Waals surface area contributed by atoms with Gasteiger partial charge in [0, 0.05) is 12.2 Å². The Morgan fingerprint density at radius 2 is 1.95 bits per heavy atom. The summed E-state index contributed by atoms with van der Waals surface area (Å²) in [7, 11) is 0. The van der Waals surface area contributed by atoms with E-state index in [-0.39, 0.29) is 0 Å². The first-order chi connectivity index (χ1) is 10.2. The average Bonchev–Trinajstić information content (AvgIpc) is 3.27. The summed E-state index contributed by atoms with van der Waals surface area (Å²) in [5.41, 5.74) is 9.21. The molecular formula is C17H18N4. The molecule has 0 aliphatic heterocycles. The van der Waals surface area contributed by atoms with Crippen molar-refractivity contribution in [2.45, 2.75) is 31.3 Å². The van der Waals surface area contributed by atoms with Gasteiger partial charge in [0.05, 0.1) is 17.3 Å². The fourth-order valence-corrected chi connectivity index (χ4v) is 2.93. The summed E-state index contributed by atoms with van der Waals surface area (Å²) in [6.07, 6.45) is 6.04. The van der Waals surface area contributed by atoms with E-state index in [2.05, 4.69) is 21.7 Å². The smallest absolute Gasteiger partial charge is 0.134 e. The second-order valence-electron chi connectivity index (χ2n) is 5.97. The number of nitrogens with two attached hydrogens (primary N) is 1. The van der Waals surface area contributed by atoms with Gasteiger partial charge in [0.25, 0.3) is 0 Å². The number of pyridine rings is 1. The molecule has 1 saturated carbocycles. The summed E-state index contributed by atoms with van der Waals surface area (Å²) in [4.78, 5) is 8.98. The van der Waals surface area contributed by atoms with Gasteiger partial charge in [-0.2, -0.15) is 0 Å². The minimum Gasteiger partial charge on any atom is -0.323 e. The van der Waals surface area contributed by atoms with Crippen LogP contribution in [0.3, 0.4) is 0 Å². The zero-order valence-electron chi connectivity index (χ0n) is 12.0. The van der Waals surface area contributed by atoms with Crippen LogP contribution in [-0.2, 0) is 5.54 Å². The van der Waals surface area contributed by atoms with E-state index in [4.69, 9.17) is 10.7 Å². The molecule has 2 N–H and O–H groups in total. The van der Waals surface area contributed by atoms with Crippen molar-refractivity contribution < 1.29 is 0 Å². The Hall–Kier alpha value is -2.20. The lowest BCUT2D eigenvalue weighted by atomic mass is 9.92. The van der Waals surface area contributed by atoms with Crippen LogP contribution in [0.1, 0.15) is 37.2 Å². The lowest BCUT2D eigenvalue weighted by Crippen LogP contribution is -2.37. The molecule has 0 saturated heterocycles. The highest BCUT2D eigenvalue weighted by molar-refractivity contribution is 5.75. The third-order valence-corrected chi connectivity index (χ3v) is 4.24. The van der Waals surface area contributed by atoms with Crippen molar-refractivity contribution in [3.8, 4) is 0 Å². The van der Waals surface area contributed by atoms with Crippen molar-refractivity contribution in [1.29, 1.82) is 0 Å². The molecule has 106 valence electrons. The Labute approximate surface area is 123 Å². The van der Waals surface area contributed by atoms with Crippen molar-refractivity contribution in [3.05, 3.63) is 60.2 Å². The van der Waals surface area contributed by atoms with Crippen LogP contribution in [-0.4, -0.2) is 14.5 Å². The normalized spacial score (nSPS) is 17.8. The van der Waals surface area contributed by atoms with Crippen molar-refractivity contribution in [1.82, 2.24) is 14.5 Å². The molecule has 1 fully saturated rings. The maximum atomic E-state index is 6.69. The van der Waals surface area contributed by atoms with E-state index in [0.29, 0.717) is 6.04 Å². The Kier molecular flexibility index (Phi) is 2.62. The van der Waals surface area contributed by atoms with E-state index in [9.17, 15) is 0 Å². The van der Waals surface area contributed by atoms with Gasteiger partial charge in [0.1, 0.15) is 11.3 Å². The Balaban J connectivity index is 1.95. The zero-order valence-corrected chi connectivity index (χ0v) is 12.0.